The monoisotopic (exact) mass is 401 g/mol. The molecule has 0 amide bonds. The normalized spacial score (nSPS) is 27.5. The van der Waals surface area contributed by atoms with E-state index in [1.165, 1.54) is 76.3 Å². The van der Waals surface area contributed by atoms with Crippen molar-refractivity contribution in [2.45, 2.75) is 83.8 Å². The van der Waals surface area contributed by atoms with Crippen LogP contribution in [0.25, 0.3) is 0 Å². The molecule has 1 saturated heterocycles. The Bertz CT molecular complexity index is 655. The minimum atomic E-state index is -0.517. The largest absolute Gasteiger partial charge is 0.348 e. The highest BCUT2D eigenvalue weighted by Crippen LogP contribution is 2.36. The third-order valence-corrected chi connectivity index (χ3v) is 6.77. The first kappa shape index (κ1) is 22.2. The molecule has 1 aromatic carbocycles. The summed E-state index contributed by atoms with van der Waals surface area (Å²) in [6.45, 7) is 3.61. The highest BCUT2D eigenvalue weighted by Gasteiger charge is 2.26. The van der Waals surface area contributed by atoms with Crippen molar-refractivity contribution in [3.05, 3.63) is 35.1 Å². The summed E-state index contributed by atoms with van der Waals surface area (Å²) in [5, 5.41) is 8.84. The number of halogens is 1. The van der Waals surface area contributed by atoms with Crippen LogP contribution in [0.2, 0.25) is 0 Å². The maximum absolute atomic E-state index is 13.8. The van der Waals surface area contributed by atoms with Crippen LogP contribution >= 0.6 is 0 Å². The molecule has 0 spiro atoms. The molecular weight excluding hydrogens is 365 g/mol. The lowest BCUT2D eigenvalue weighted by molar-refractivity contribution is -0.206. The molecule has 1 aromatic rings. The summed E-state index contributed by atoms with van der Waals surface area (Å²) >= 11 is 0. The van der Waals surface area contributed by atoms with Crippen LogP contribution in [-0.4, -0.2) is 13.2 Å². The Labute approximate surface area is 175 Å². The molecular formula is C25H36FNO2. The second-order valence-corrected chi connectivity index (χ2v) is 9.03. The van der Waals surface area contributed by atoms with Gasteiger partial charge in [0.15, 0.2) is 6.29 Å². The number of unbranched alkanes of at least 4 members (excludes halogenated alkanes) is 3. The summed E-state index contributed by atoms with van der Waals surface area (Å²) in [5.74, 6) is 1.76. The Morgan fingerprint density at radius 1 is 0.931 bits per heavy atom. The van der Waals surface area contributed by atoms with Crippen molar-refractivity contribution in [3.8, 4) is 6.07 Å². The topological polar surface area (TPSA) is 42.2 Å². The van der Waals surface area contributed by atoms with E-state index in [1.54, 1.807) is 6.07 Å². The van der Waals surface area contributed by atoms with E-state index >= 15 is 0 Å². The van der Waals surface area contributed by atoms with E-state index in [0.717, 1.165) is 18.3 Å². The summed E-state index contributed by atoms with van der Waals surface area (Å²) in [6.07, 6.45) is 14.5. The van der Waals surface area contributed by atoms with Crippen molar-refractivity contribution in [2.75, 3.05) is 13.2 Å². The average Bonchev–Trinajstić information content (AvgIpc) is 2.76. The van der Waals surface area contributed by atoms with Gasteiger partial charge in [-0.1, -0.05) is 77.2 Å². The molecule has 0 aromatic heterocycles. The minimum absolute atomic E-state index is 0.0538. The zero-order valence-electron chi connectivity index (χ0n) is 17.9. The molecule has 0 atom stereocenters. The highest BCUT2D eigenvalue weighted by atomic mass is 19.1. The van der Waals surface area contributed by atoms with Gasteiger partial charge in [-0.05, 0) is 30.4 Å². The second-order valence-electron chi connectivity index (χ2n) is 9.03. The quantitative estimate of drug-likeness (QED) is 0.422. The van der Waals surface area contributed by atoms with Gasteiger partial charge in [-0.25, -0.2) is 4.39 Å². The predicted octanol–water partition coefficient (Wildman–Crippen LogP) is 6.92. The van der Waals surface area contributed by atoms with Crippen LogP contribution in [0.1, 0.15) is 95.0 Å². The fraction of sp³-hybridized carbons (Fsp3) is 0.720. The zero-order valence-corrected chi connectivity index (χ0v) is 17.9. The van der Waals surface area contributed by atoms with Crippen molar-refractivity contribution in [2.24, 2.45) is 17.8 Å². The lowest BCUT2D eigenvalue weighted by Gasteiger charge is -2.32. The summed E-state index contributed by atoms with van der Waals surface area (Å²) in [4.78, 5) is 0. The molecule has 1 aliphatic heterocycles. The molecule has 0 bridgehead atoms. The number of hydrogen-bond donors (Lipinski definition) is 0. The van der Waals surface area contributed by atoms with Gasteiger partial charge in [0.05, 0.1) is 18.8 Å². The van der Waals surface area contributed by atoms with Gasteiger partial charge in [0, 0.05) is 11.5 Å². The first-order valence-corrected chi connectivity index (χ1v) is 11.6. The van der Waals surface area contributed by atoms with Gasteiger partial charge < -0.3 is 9.47 Å². The Morgan fingerprint density at radius 3 is 2.21 bits per heavy atom. The van der Waals surface area contributed by atoms with E-state index in [1.807, 2.05) is 6.07 Å². The standard InChI is InChI=1S/C25H36FNO2/c1-2-3-4-5-6-19-7-9-20(10-8-19)11-12-21-17-28-25(29-18-21)22-13-14-23(16-27)24(26)15-22/h13-15,19-21,25H,2-12,17-18H2,1H3/t19-,20-,21-,25-. The van der Waals surface area contributed by atoms with Crippen molar-refractivity contribution >= 4 is 0 Å². The third-order valence-electron chi connectivity index (χ3n) is 6.77. The third kappa shape index (κ3) is 6.79. The van der Waals surface area contributed by atoms with E-state index in [-0.39, 0.29) is 5.56 Å². The number of benzene rings is 1. The molecule has 0 radical (unpaired) electrons. The molecule has 2 fully saturated rings. The summed E-state index contributed by atoms with van der Waals surface area (Å²) in [7, 11) is 0. The number of ether oxygens (including phenoxy) is 2. The Balaban J connectivity index is 1.32. The lowest BCUT2D eigenvalue weighted by atomic mass is 9.77. The molecule has 1 heterocycles. The molecule has 1 aliphatic carbocycles. The number of nitrogens with zero attached hydrogens (tertiary/aromatic N) is 1. The van der Waals surface area contributed by atoms with Crippen LogP contribution in [0.5, 0.6) is 0 Å². The molecule has 3 rings (SSSR count). The smallest absolute Gasteiger partial charge is 0.183 e. The van der Waals surface area contributed by atoms with E-state index in [2.05, 4.69) is 6.92 Å². The van der Waals surface area contributed by atoms with Gasteiger partial charge >= 0.3 is 0 Å². The van der Waals surface area contributed by atoms with Gasteiger partial charge in [-0.2, -0.15) is 5.26 Å². The van der Waals surface area contributed by atoms with Crippen LogP contribution in [-0.2, 0) is 9.47 Å². The lowest BCUT2D eigenvalue weighted by Crippen LogP contribution is -2.28. The Hall–Kier alpha value is -1.44. The van der Waals surface area contributed by atoms with E-state index in [9.17, 15) is 4.39 Å². The molecule has 4 heteroatoms. The van der Waals surface area contributed by atoms with Gasteiger partial charge in [-0.3, -0.25) is 0 Å². The first-order valence-electron chi connectivity index (χ1n) is 11.6. The van der Waals surface area contributed by atoms with Gasteiger partial charge in [0.1, 0.15) is 11.9 Å². The average molecular weight is 402 g/mol. The first-order chi connectivity index (χ1) is 14.2. The summed E-state index contributed by atoms with van der Waals surface area (Å²) < 4.78 is 25.5. The van der Waals surface area contributed by atoms with E-state index in [0.29, 0.717) is 24.7 Å². The zero-order chi connectivity index (χ0) is 20.5. The van der Waals surface area contributed by atoms with Gasteiger partial charge in [-0.15, -0.1) is 0 Å². The predicted molar refractivity (Wildman–Crippen MR) is 113 cm³/mol. The number of hydrogen-bond acceptors (Lipinski definition) is 3. The van der Waals surface area contributed by atoms with E-state index in [4.69, 9.17) is 14.7 Å². The Morgan fingerprint density at radius 2 is 1.59 bits per heavy atom. The van der Waals surface area contributed by atoms with E-state index < -0.39 is 12.1 Å². The molecule has 0 N–H and O–H groups in total. The fourth-order valence-corrected chi connectivity index (χ4v) is 4.81. The SMILES string of the molecule is CCCCCC[C@H]1CC[C@H](CC[C@H]2CO[C@H](c3ccc(C#N)c(F)c3)OC2)CC1. The summed E-state index contributed by atoms with van der Waals surface area (Å²) in [5.41, 5.74) is 0.704. The molecule has 3 nitrogen and oxygen atoms in total. The van der Waals surface area contributed by atoms with Crippen molar-refractivity contribution in [1.82, 2.24) is 0 Å². The van der Waals surface area contributed by atoms with Gasteiger partial charge in [0.25, 0.3) is 0 Å². The minimum Gasteiger partial charge on any atom is -0.348 e. The van der Waals surface area contributed by atoms with Gasteiger partial charge in [0.2, 0.25) is 0 Å². The van der Waals surface area contributed by atoms with Crippen LogP contribution in [0.4, 0.5) is 4.39 Å². The van der Waals surface area contributed by atoms with Crippen molar-refractivity contribution in [1.29, 1.82) is 5.26 Å². The van der Waals surface area contributed by atoms with Crippen LogP contribution in [0.15, 0.2) is 18.2 Å². The maximum atomic E-state index is 13.8. The molecule has 0 unspecified atom stereocenters. The second kappa shape index (κ2) is 11.7. The number of nitriles is 1. The van der Waals surface area contributed by atoms with Crippen molar-refractivity contribution < 1.29 is 13.9 Å². The molecule has 1 saturated carbocycles. The molecule has 2 aliphatic rings. The fourth-order valence-electron chi connectivity index (χ4n) is 4.81. The van der Waals surface area contributed by atoms with Crippen molar-refractivity contribution in [3.63, 3.8) is 0 Å². The van der Waals surface area contributed by atoms with Crippen LogP contribution in [0.3, 0.4) is 0 Å². The van der Waals surface area contributed by atoms with Crippen LogP contribution in [0, 0.1) is 34.9 Å². The molecule has 160 valence electrons. The van der Waals surface area contributed by atoms with Crippen LogP contribution < -0.4 is 0 Å². The molecule has 29 heavy (non-hydrogen) atoms. The number of rotatable bonds is 9. The highest BCUT2D eigenvalue weighted by molar-refractivity contribution is 5.33. The summed E-state index contributed by atoms with van der Waals surface area (Å²) in [6, 6.07) is 6.40. The Kier molecular flexibility index (Phi) is 8.95. The maximum Gasteiger partial charge on any atom is 0.183 e.